The third-order valence-corrected chi connectivity index (χ3v) is 5.43. The molecule has 9 heteroatoms. The lowest BCUT2D eigenvalue weighted by Crippen LogP contribution is -2.28. The van der Waals surface area contributed by atoms with Gasteiger partial charge in [0.15, 0.2) is 4.32 Å². The van der Waals surface area contributed by atoms with Crippen LogP contribution in [0.4, 0.5) is 15.8 Å². The number of nitrogens with zero attached hydrogens (tertiary/aromatic N) is 2. The number of hydrogen-bond donors (Lipinski definition) is 0. The monoisotopic (exact) mass is 426 g/mol. The third-order valence-electron chi connectivity index (χ3n) is 4.13. The number of benzene rings is 2. The van der Waals surface area contributed by atoms with Crippen LogP contribution in [0.15, 0.2) is 70.0 Å². The van der Waals surface area contributed by atoms with E-state index in [1.54, 1.807) is 30.3 Å². The topological polar surface area (TPSA) is 76.6 Å². The zero-order chi connectivity index (χ0) is 20.5. The number of halogens is 1. The molecule has 0 saturated carbocycles. The van der Waals surface area contributed by atoms with Crippen molar-refractivity contribution >= 4 is 51.7 Å². The van der Waals surface area contributed by atoms with Gasteiger partial charge in [0.05, 0.1) is 15.5 Å². The van der Waals surface area contributed by atoms with Crippen molar-refractivity contribution in [1.29, 1.82) is 0 Å². The SMILES string of the molecule is O=C1/C(=C\c2ccc(-c3cccc([N+](=O)[O-])c3)o2)SC(=S)N1c1ccccc1F. The Morgan fingerprint density at radius 1 is 1.14 bits per heavy atom. The van der Waals surface area contributed by atoms with Gasteiger partial charge in [-0.25, -0.2) is 4.39 Å². The highest BCUT2D eigenvalue weighted by Gasteiger charge is 2.34. The van der Waals surface area contributed by atoms with E-state index in [1.165, 1.54) is 36.4 Å². The van der Waals surface area contributed by atoms with E-state index in [4.69, 9.17) is 16.6 Å². The van der Waals surface area contributed by atoms with E-state index in [-0.39, 0.29) is 20.6 Å². The first-order chi connectivity index (χ1) is 13.9. The minimum Gasteiger partial charge on any atom is -0.457 e. The second kappa shape index (κ2) is 7.61. The predicted molar refractivity (Wildman–Crippen MR) is 113 cm³/mol. The molecule has 1 aromatic heterocycles. The number of hydrogen-bond acceptors (Lipinski definition) is 6. The summed E-state index contributed by atoms with van der Waals surface area (Å²) in [5.74, 6) is -0.195. The lowest BCUT2D eigenvalue weighted by atomic mass is 10.1. The number of rotatable bonds is 4. The maximum Gasteiger partial charge on any atom is 0.270 e. The Morgan fingerprint density at radius 2 is 1.93 bits per heavy atom. The Bertz CT molecular complexity index is 1190. The van der Waals surface area contributed by atoms with E-state index in [0.29, 0.717) is 17.1 Å². The van der Waals surface area contributed by atoms with Crippen LogP contribution in [0, 0.1) is 15.9 Å². The molecule has 0 spiro atoms. The number of anilines is 1. The first-order valence-electron chi connectivity index (χ1n) is 8.31. The first-order valence-corrected chi connectivity index (χ1v) is 9.53. The molecular weight excluding hydrogens is 415 g/mol. The largest absolute Gasteiger partial charge is 0.457 e. The average molecular weight is 426 g/mol. The average Bonchev–Trinajstić information content (AvgIpc) is 3.28. The van der Waals surface area contributed by atoms with E-state index < -0.39 is 16.6 Å². The van der Waals surface area contributed by atoms with Gasteiger partial charge in [0, 0.05) is 23.8 Å². The Morgan fingerprint density at radius 3 is 2.69 bits per heavy atom. The lowest BCUT2D eigenvalue weighted by Gasteiger charge is -2.14. The molecule has 0 bridgehead atoms. The Labute approximate surface area is 173 Å². The normalized spacial score (nSPS) is 15.3. The second-order valence-electron chi connectivity index (χ2n) is 5.98. The van der Waals surface area contributed by atoms with E-state index in [9.17, 15) is 19.3 Å². The molecule has 1 fully saturated rings. The summed E-state index contributed by atoms with van der Waals surface area (Å²) >= 11 is 6.28. The number of furan rings is 1. The van der Waals surface area contributed by atoms with E-state index >= 15 is 0 Å². The highest BCUT2D eigenvalue weighted by molar-refractivity contribution is 8.27. The molecule has 2 aromatic carbocycles. The van der Waals surface area contributed by atoms with Gasteiger partial charge < -0.3 is 4.42 Å². The molecule has 4 rings (SSSR count). The van der Waals surface area contributed by atoms with Gasteiger partial charge in [0.2, 0.25) is 0 Å². The smallest absolute Gasteiger partial charge is 0.270 e. The highest BCUT2D eigenvalue weighted by atomic mass is 32.2. The molecule has 1 saturated heterocycles. The molecule has 0 radical (unpaired) electrons. The summed E-state index contributed by atoms with van der Waals surface area (Å²) in [7, 11) is 0. The minimum absolute atomic E-state index is 0.0498. The van der Waals surface area contributed by atoms with Crippen molar-refractivity contribution in [3.63, 3.8) is 0 Å². The van der Waals surface area contributed by atoms with Crippen LogP contribution < -0.4 is 4.90 Å². The maximum atomic E-state index is 14.1. The van der Waals surface area contributed by atoms with Gasteiger partial charge in [-0.15, -0.1) is 0 Å². The predicted octanol–water partition coefficient (Wildman–Crippen LogP) is 5.40. The lowest BCUT2D eigenvalue weighted by molar-refractivity contribution is -0.384. The first kappa shape index (κ1) is 19.0. The van der Waals surface area contributed by atoms with Crippen LogP contribution in [-0.4, -0.2) is 15.2 Å². The number of non-ortho nitro benzene ring substituents is 1. The molecule has 0 N–H and O–H groups in total. The van der Waals surface area contributed by atoms with Gasteiger partial charge in [-0.1, -0.05) is 48.2 Å². The van der Waals surface area contributed by atoms with Gasteiger partial charge in [-0.3, -0.25) is 19.8 Å². The van der Waals surface area contributed by atoms with Gasteiger partial charge in [-0.05, 0) is 24.3 Å². The van der Waals surface area contributed by atoms with E-state index in [0.717, 1.165) is 16.7 Å². The molecule has 3 aromatic rings. The quantitative estimate of drug-likeness (QED) is 0.241. The molecule has 6 nitrogen and oxygen atoms in total. The molecule has 0 aliphatic carbocycles. The molecule has 1 amide bonds. The van der Waals surface area contributed by atoms with Crippen molar-refractivity contribution < 1.29 is 18.5 Å². The van der Waals surface area contributed by atoms with Crippen molar-refractivity contribution in [2.24, 2.45) is 0 Å². The van der Waals surface area contributed by atoms with Crippen molar-refractivity contribution in [1.82, 2.24) is 0 Å². The van der Waals surface area contributed by atoms with Crippen LogP contribution in [0.25, 0.3) is 17.4 Å². The number of nitro benzene ring substituents is 1. The van der Waals surface area contributed by atoms with Gasteiger partial charge in [-0.2, -0.15) is 0 Å². The summed E-state index contributed by atoms with van der Waals surface area (Å²) in [6, 6.07) is 15.2. The maximum absolute atomic E-state index is 14.1. The van der Waals surface area contributed by atoms with Crippen molar-refractivity contribution in [3.8, 4) is 11.3 Å². The van der Waals surface area contributed by atoms with E-state index in [1.807, 2.05) is 0 Å². The molecule has 2 heterocycles. The van der Waals surface area contributed by atoms with Crippen LogP contribution in [0.2, 0.25) is 0 Å². The number of nitro groups is 1. The minimum atomic E-state index is -0.545. The summed E-state index contributed by atoms with van der Waals surface area (Å²) in [5, 5.41) is 10.9. The van der Waals surface area contributed by atoms with Gasteiger partial charge >= 0.3 is 0 Å². The number of thiocarbonyl (C=S) groups is 1. The van der Waals surface area contributed by atoms with Crippen molar-refractivity contribution in [2.75, 3.05) is 4.90 Å². The Balaban J connectivity index is 1.62. The van der Waals surface area contributed by atoms with Crippen LogP contribution in [0.5, 0.6) is 0 Å². The number of para-hydroxylation sites is 1. The third kappa shape index (κ3) is 3.69. The van der Waals surface area contributed by atoms with Crippen LogP contribution >= 0.6 is 24.0 Å². The fraction of sp³-hybridized carbons (Fsp3) is 0. The van der Waals surface area contributed by atoms with Crippen LogP contribution in [0.1, 0.15) is 5.76 Å². The zero-order valence-electron chi connectivity index (χ0n) is 14.6. The number of carbonyl (C=O) groups excluding carboxylic acids is 1. The van der Waals surface area contributed by atoms with E-state index in [2.05, 4.69) is 0 Å². The van der Waals surface area contributed by atoms with Crippen LogP contribution in [-0.2, 0) is 4.79 Å². The highest BCUT2D eigenvalue weighted by Crippen LogP contribution is 2.37. The Hall–Kier alpha value is -3.30. The van der Waals surface area contributed by atoms with Crippen molar-refractivity contribution in [2.45, 2.75) is 0 Å². The molecule has 29 heavy (non-hydrogen) atoms. The second-order valence-corrected chi connectivity index (χ2v) is 7.65. The number of thioether (sulfide) groups is 1. The Kier molecular flexibility index (Phi) is 4.99. The summed E-state index contributed by atoms with van der Waals surface area (Å²) in [6.45, 7) is 0. The standard InChI is InChI=1S/C20H11FN2O4S2/c21-15-6-1-2-7-16(15)22-19(24)18(29-20(22)28)11-14-8-9-17(27-14)12-4-3-5-13(10-12)23(25)26/h1-11H/b18-11+. The molecular formula is C20H11FN2O4S2. The van der Waals surface area contributed by atoms with Crippen LogP contribution in [0.3, 0.4) is 0 Å². The van der Waals surface area contributed by atoms with Crippen molar-refractivity contribution in [3.05, 3.63) is 87.3 Å². The molecule has 0 unspecified atom stereocenters. The summed E-state index contributed by atoms with van der Waals surface area (Å²) in [5.41, 5.74) is 0.582. The summed E-state index contributed by atoms with van der Waals surface area (Å²) in [6.07, 6.45) is 1.51. The fourth-order valence-corrected chi connectivity index (χ4v) is 4.06. The molecule has 1 aliphatic rings. The van der Waals surface area contributed by atoms with Gasteiger partial charge in [0.25, 0.3) is 11.6 Å². The molecule has 0 atom stereocenters. The summed E-state index contributed by atoms with van der Waals surface area (Å²) in [4.78, 5) is 24.6. The number of amides is 1. The number of carbonyl (C=O) groups is 1. The molecule has 144 valence electrons. The molecule has 1 aliphatic heterocycles. The summed E-state index contributed by atoms with van der Waals surface area (Å²) < 4.78 is 20.0. The van der Waals surface area contributed by atoms with Gasteiger partial charge in [0.1, 0.15) is 17.3 Å². The zero-order valence-corrected chi connectivity index (χ0v) is 16.2. The fourth-order valence-electron chi connectivity index (χ4n) is 2.80.